The fraction of sp³-hybridized carbons (Fsp3) is 0.174. The monoisotopic (exact) mass is 530 g/mol. The first-order valence-corrected chi connectivity index (χ1v) is 12.2. The normalized spacial score (nSPS) is 11.9. The van der Waals surface area contributed by atoms with Gasteiger partial charge in [0, 0.05) is 23.8 Å². The number of anilines is 1. The molecule has 0 fully saturated rings. The summed E-state index contributed by atoms with van der Waals surface area (Å²) in [6.45, 7) is 0.0104. The van der Waals surface area contributed by atoms with E-state index in [0.717, 1.165) is 18.2 Å². The molecular formula is C23H19Cl2F3N2O3S. The van der Waals surface area contributed by atoms with Gasteiger partial charge in [0.15, 0.2) is 0 Å². The second kappa shape index (κ2) is 10.8. The number of amides is 1. The van der Waals surface area contributed by atoms with Crippen LogP contribution in [0.25, 0.3) is 0 Å². The van der Waals surface area contributed by atoms with E-state index >= 15 is 0 Å². The lowest BCUT2D eigenvalue weighted by molar-refractivity contribution is -0.137. The number of para-hydroxylation sites is 1. The van der Waals surface area contributed by atoms with Crippen molar-refractivity contribution in [2.45, 2.75) is 17.5 Å². The van der Waals surface area contributed by atoms with Gasteiger partial charge in [0.2, 0.25) is 10.0 Å². The molecule has 3 rings (SSSR count). The molecule has 180 valence electrons. The molecule has 0 aliphatic carbocycles. The molecule has 0 unspecified atom stereocenters. The molecule has 3 aromatic rings. The molecule has 1 N–H and O–H groups in total. The molecule has 3 aromatic carbocycles. The van der Waals surface area contributed by atoms with Crippen LogP contribution >= 0.6 is 23.2 Å². The van der Waals surface area contributed by atoms with Gasteiger partial charge >= 0.3 is 6.18 Å². The summed E-state index contributed by atoms with van der Waals surface area (Å²) in [5.74, 6) is -0.409. The van der Waals surface area contributed by atoms with Crippen LogP contribution in [0, 0.1) is 0 Å². The Kier molecular flexibility index (Phi) is 8.25. The largest absolute Gasteiger partial charge is 0.416 e. The highest BCUT2D eigenvalue weighted by Crippen LogP contribution is 2.30. The maximum absolute atomic E-state index is 13.2. The number of carbonyl (C=O) groups is 1. The van der Waals surface area contributed by atoms with Gasteiger partial charge in [-0.1, -0.05) is 47.5 Å². The number of hydrogen-bond acceptors (Lipinski definition) is 3. The third-order valence-corrected chi connectivity index (χ3v) is 6.80. The van der Waals surface area contributed by atoms with E-state index in [4.69, 9.17) is 23.2 Å². The van der Waals surface area contributed by atoms with Crippen molar-refractivity contribution >= 4 is 44.8 Å². The van der Waals surface area contributed by atoms with Crippen molar-refractivity contribution < 1.29 is 26.4 Å². The summed E-state index contributed by atoms with van der Waals surface area (Å²) >= 11 is 12.1. The molecular weight excluding hydrogens is 512 g/mol. The van der Waals surface area contributed by atoms with Crippen LogP contribution in [-0.2, 0) is 16.2 Å². The lowest BCUT2D eigenvalue weighted by Crippen LogP contribution is -2.34. The number of hydrogen-bond donors (Lipinski definition) is 1. The van der Waals surface area contributed by atoms with Crippen LogP contribution in [0.4, 0.5) is 18.9 Å². The molecule has 11 heteroatoms. The first-order valence-electron chi connectivity index (χ1n) is 9.98. The van der Waals surface area contributed by atoms with Crippen molar-refractivity contribution in [3.05, 3.63) is 94.0 Å². The molecule has 0 radical (unpaired) electrons. The van der Waals surface area contributed by atoms with Crippen molar-refractivity contribution in [2.75, 3.05) is 18.0 Å². The van der Waals surface area contributed by atoms with Crippen molar-refractivity contribution in [3.8, 4) is 0 Å². The number of nitrogens with one attached hydrogen (secondary N) is 1. The molecule has 34 heavy (non-hydrogen) atoms. The Morgan fingerprint density at radius 1 is 0.941 bits per heavy atom. The number of benzene rings is 3. The topological polar surface area (TPSA) is 66.5 Å². The Labute approximate surface area is 205 Å². The van der Waals surface area contributed by atoms with E-state index in [1.807, 2.05) is 0 Å². The molecule has 0 aliphatic rings. The van der Waals surface area contributed by atoms with Gasteiger partial charge in [-0.05, 0) is 55.0 Å². The predicted molar refractivity (Wildman–Crippen MR) is 126 cm³/mol. The zero-order valence-corrected chi connectivity index (χ0v) is 19.8. The van der Waals surface area contributed by atoms with Crippen LogP contribution in [0.15, 0.2) is 77.7 Å². The molecule has 0 bridgehead atoms. The summed E-state index contributed by atoms with van der Waals surface area (Å²) in [5, 5.41) is 0.542. The maximum Gasteiger partial charge on any atom is 0.416 e. The summed E-state index contributed by atoms with van der Waals surface area (Å²) in [5.41, 5.74) is -0.269. The maximum atomic E-state index is 13.2. The minimum absolute atomic E-state index is 0.108. The lowest BCUT2D eigenvalue weighted by atomic mass is 10.1. The van der Waals surface area contributed by atoms with E-state index in [1.54, 1.807) is 30.3 Å². The average molecular weight is 531 g/mol. The Morgan fingerprint density at radius 3 is 2.29 bits per heavy atom. The van der Waals surface area contributed by atoms with Crippen molar-refractivity contribution in [1.82, 2.24) is 4.72 Å². The average Bonchev–Trinajstić information content (AvgIpc) is 2.79. The zero-order chi connectivity index (χ0) is 24.9. The van der Waals surface area contributed by atoms with E-state index in [-0.39, 0.29) is 30.1 Å². The molecule has 0 spiro atoms. The molecule has 0 aliphatic heterocycles. The molecule has 0 aromatic heterocycles. The third-order valence-electron chi connectivity index (χ3n) is 4.80. The Morgan fingerprint density at radius 2 is 1.65 bits per heavy atom. The van der Waals surface area contributed by atoms with E-state index in [1.165, 1.54) is 23.1 Å². The van der Waals surface area contributed by atoms with Gasteiger partial charge in [-0.25, -0.2) is 13.1 Å². The quantitative estimate of drug-likeness (QED) is 0.361. The van der Waals surface area contributed by atoms with Gasteiger partial charge in [-0.3, -0.25) is 4.79 Å². The van der Waals surface area contributed by atoms with Crippen LogP contribution < -0.4 is 9.62 Å². The Balaban J connectivity index is 1.72. The number of sulfonamides is 1. The van der Waals surface area contributed by atoms with Gasteiger partial charge in [0.1, 0.15) is 0 Å². The van der Waals surface area contributed by atoms with Crippen molar-refractivity contribution in [1.29, 1.82) is 0 Å². The standard InChI is InChI=1S/C23H19Cl2F3N2O3S/c24-17-10-11-20(21(25)15-17)22(31)30(18-7-2-1-3-8-18)13-5-12-29-34(32,33)19-9-4-6-16(14-19)23(26,27)28/h1-4,6-11,14-15,29H,5,12-13H2. The van der Waals surface area contributed by atoms with Crippen LogP contribution in [0.3, 0.4) is 0 Å². The molecule has 0 saturated heterocycles. The van der Waals surface area contributed by atoms with Gasteiger partial charge in [-0.15, -0.1) is 0 Å². The van der Waals surface area contributed by atoms with Crippen molar-refractivity contribution in [3.63, 3.8) is 0 Å². The van der Waals surface area contributed by atoms with Gasteiger partial charge in [0.25, 0.3) is 5.91 Å². The van der Waals surface area contributed by atoms with E-state index in [2.05, 4.69) is 4.72 Å². The summed E-state index contributed by atoms with van der Waals surface area (Å²) < 4.78 is 65.9. The van der Waals surface area contributed by atoms with Gasteiger partial charge in [0.05, 0.1) is 21.0 Å². The minimum atomic E-state index is -4.66. The summed E-state index contributed by atoms with van der Waals surface area (Å²) in [4.78, 5) is 14.1. The van der Waals surface area contributed by atoms with Gasteiger partial charge in [-0.2, -0.15) is 13.2 Å². The highest BCUT2D eigenvalue weighted by Gasteiger charge is 2.31. The smallest absolute Gasteiger partial charge is 0.308 e. The van der Waals surface area contributed by atoms with Crippen LogP contribution in [0.1, 0.15) is 22.3 Å². The minimum Gasteiger partial charge on any atom is -0.308 e. The molecule has 0 heterocycles. The highest BCUT2D eigenvalue weighted by molar-refractivity contribution is 7.89. The lowest BCUT2D eigenvalue weighted by Gasteiger charge is -2.23. The van der Waals surface area contributed by atoms with Crippen LogP contribution in [-0.4, -0.2) is 27.4 Å². The summed E-state index contributed by atoms with van der Waals surface area (Å²) in [6, 6.07) is 16.7. The molecule has 1 amide bonds. The molecule has 0 saturated carbocycles. The fourth-order valence-electron chi connectivity index (χ4n) is 3.13. The van der Waals surface area contributed by atoms with Crippen LogP contribution in [0.2, 0.25) is 10.0 Å². The number of rotatable bonds is 8. The second-order valence-electron chi connectivity index (χ2n) is 7.19. The van der Waals surface area contributed by atoms with Crippen molar-refractivity contribution in [2.24, 2.45) is 0 Å². The number of halogens is 5. The first-order chi connectivity index (χ1) is 16.0. The zero-order valence-electron chi connectivity index (χ0n) is 17.5. The fourth-order valence-corrected chi connectivity index (χ4v) is 4.74. The Hall–Kier alpha value is -2.59. The van der Waals surface area contributed by atoms with Crippen LogP contribution in [0.5, 0.6) is 0 Å². The molecule has 0 atom stereocenters. The van der Waals surface area contributed by atoms with Gasteiger partial charge < -0.3 is 4.90 Å². The summed E-state index contributed by atoms with van der Waals surface area (Å²) in [7, 11) is -4.18. The third kappa shape index (κ3) is 6.50. The Bertz CT molecular complexity index is 1270. The first kappa shape index (κ1) is 26.0. The second-order valence-corrected chi connectivity index (χ2v) is 9.80. The number of carbonyl (C=O) groups excluding carboxylic acids is 1. The predicted octanol–water partition coefficient (Wildman–Crippen LogP) is 6.03. The summed E-state index contributed by atoms with van der Waals surface area (Å²) in [6.07, 6.45) is -4.48. The van der Waals surface area contributed by atoms with E-state index < -0.39 is 32.6 Å². The number of alkyl halides is 3. The SMILES string of the molecule is O=C(c1ccc(Cl)cc1Cl)N(CCCNS(=O)(=O)c1cccc(C(F)(F)F)c1)c1ccccc1. The highest BCUT2D eigenvalue weighted by atomic mass is 35.5. The molecule has 5 nitrogen and oxygen atoms in total. The van der Waals surface area contributed by atoms with E-state index in [0.29, 0.717) is 16.8 Å². The van der Waals surface area contributed by atoms with E-state index in [9.17, 15) is 26.4 Å². The number of nitrogens with zero attached hydrogens (tertiary/aromatic N) is 1.